The highest BCUT2D eigenvalue weighted by molar-refractivity contribution is 6.33. The molecule has 0 aromatic heterocycles. The maximum atomic E-state index is 12.9. The first-order valence-corrected chi connectivity index (χ1v) is 6.61. The highest BCUT2D eigenvalue weighted by Crippen LogP contribution is 2.21. The number of anilines is 1. The second-order valence-corrected chi connectivity index (χ2v) is 5.07. The van der Waals surface area contributed by atoms with Crippen molar-refractivity contribution in [1.82, 2.24) is 0 Å². The Labute approximate surface area is 111 Å². The summed E-state index contributed by atoms with van der Waals surface area (Å²) < 4.78 is 12.9. The molecule has 0 aliphatic carbocycles. The molecule has 1 amide bonds. The van der Waals surface area contributed by atoms with Gasteiger partial charge in [-0.1, -0.05) is 11.6 Å². The van der Waals surface area contributed by atoms with E-state index in [9.17, 15) is 9.18 Å². The van der Waals surface area contributed by atoms with E-state index in [1.165, 1.54) is 42.4 Å². The van der Waals surface area contributed by atoms with Crippen LogP contribution >= 0.6 is 11.6 Å². The first-order chi connectivity index (χ1) is 8.65. The molecule has 0 saturated carbocycles. The van der Waals surface area contributed by atoms with E-state index in [-0.39, 0.29) is 10.9 Å². The fraction of sp³-hybridized carbons (Fsp3) is 0.462. The van der Waals surface area contributed by atoms with Crippen LogP contribution in [0.3, 0.4) is 0 Å². The van der Waals surface area contributed by atoms with E-state index >= 15 is 0 Å². The molecule has 18 heavy (non-hydrogen) atoms. The van der Waals surface area contributed by atoms with Crippen LogP contribution in [0.15, 0.2) is 18.2 Å². The van der Waals surface area contributed by atoms with Gasteiger partial charge < -0.3 is 10.2 Å². The predicted molar refractivity (Wildman–Crippen MR) is 69.5 cm³/mol. The number of piperidine rings is 1. The lowest BCUT2D eigenvalue weighted by molar-refractivity contribution is -0.896. The molecule has 1 aromatic rings. The van der Waals surface area contributed by atoms with Crippen molar-refractivity contribution in [1.29, 1.82) is 0 Å². The number of likely N-dealkylation sites (tertiary alicyclic amines) is 1. The number of carbonyl (C=O) groups is 1. The third-order valence-electron chi connectivity index (χ3n) is 3.18. The van der Waals surface area contributed by atoms with Gasteiger partial charge in [0.15, 0.2) is 6.54 Å². The highest BCUT2D eigenvalue weighted by atomic mass is 35.5. The Morgan fingerprint density at radius 3 is 2.72 bits per heavy atom. The van der Waals surface area contributed by atoms with Gasteiger partial charge in [0.25, 0.3) is 5.91 Å². The first-order valence-electron chi connectivity index (χ1n) is 6.23. The van der Waals surface area contributed by atoms with Crippen molar-refractivity contribution in [3.63, 3.8) is 0 Å². The molecule has 1 aromatic carbocycles. The van der Waals surface area contributed by atoms with Crippen LogP contribution in [0.25, 0.3) is 0 Å². The molecule has 0 atom stereocenters. The number of hydrogen-bond donors (Lipinski definition) is 2. The van der Waals surface area contributed by atoms with Crippen LogP contribution in [-0.2, 0) is 4.79 Å². The summed E-state index contributed by atoms with van der Waals surface area (Å²) in [5, 5.41) is 2.96. The molecule has 1 aliphatic rings. The third kappa shape index (κ3) is 3.68. The van der Waals surface area contributed by atoms with Crippen molar-refractivity contribution in [2.75, 3.05) is 25.0 Å². The van der Waals surface area contributed by atoms with Gasteiger partial charge in [-0.25, -0.2) is 4.39 Å². The van der Waals surface area contributed by atoms with Crippen molar-refractivity contribution in [2.45, 2.75) is 19.3 Å². The van der Waals surface area contributed by atoms with Crippen LogP contribution in [0.4, 0.5) is 10.1 Å². The summed E-state index contributed by atoms with van der Waals surface area (Å²) in [6, 6.07) is 3.97. The Hall–Kier alpha value is -1.13. The van der Waals surface area contributed by atoms with Crippen molar-refractivity contribution < 1.29 is 14.1 Å². The highest BCUT2D eigenvalue weighted by Gasteiger charge is 2.17. The minimum Gasteiger partial charge on any atom is -0.327 e. The molecule has 0 unspecified atom stereocenters. The summed E-state index contributed by atoms with van der Waals surface area (Å²) in [4.78, 5) is 13.1. The van der Waals surface area contributed by atoms with E-state index < -0.39 is 5.82 Å². The second kappa shape index (κ2) is 6.16. The Morgan fingerprint density at radius 2 is 2.06 bits per heavy atom. The zero-order valence-electron chi connectivity index (χ0n) is 10.1. The summed E-state index contributed by atoms with van der Waals surface area (Å²) in [7, 11) is 0. The number of rotatable bonds is 3. The number of quaternary nitrogens is 1. The minimum absolute atomic E-state index is 0.0691. The molecule has 1 heterocycles. The van der Waals surface area contributed by atoms with E-state index in [1.807, 2.05) is 0 Å². The largest absolute Gasteiger partial charge is 0.327 e. The van der Waals surface area contributed by atoms with Gasteiger partial charge in [0, 0.05) is 0 Å². The number of hydrogen-bond acceptors (Lipinski definition) is 1. The quantitative estimate of drug-likeness (QED) is 0.858. The van der Waals surface area contributed by atoms with E-state index in [4.69, 9.17) is 11.6 Å². The number of benzene rings is 1. The number of nitrogens with one attached hydrogen (secondary N) is 2. The smallest absolute Gasteiger partial charge is 0.279 e. The molecule has 5 heteroatoms. The fourth-order valence-electron chi connectivity index (χ4n) is 2.24. The van der Waals surface area contributed by atoms with Gasteiger partial charge >= 0.3 is 0 Å². The van der Waals surface area contributed by atoms with E-state index in [0.29, 0.717) is 12.2 Å². The minimum atomic E-state index is -0.403. The molecule has 2 N–H and O–H groups in total. The monoisotopic (exact) mass is 271 g/mol. The van der Waals surface area contributed by atoms with Crippen LogP contribution in [0.1, 0.15) is 19.3 Å². The van der Waals surface area contributed by atoms with Gasteiger partial charge in [-0.2, -0.15) is 0 Å². The molecule has 0 radical (unpaired) electrons. The average molecular weight is 272 g/mol. The molecule has 0 bridgehead atoms. The lowest BCUT2D eigenvalue weighted by atomic mass is 10.1. The van der Waals surface area contributed by atoms with E-state index in [2.05, 4.69) is 5.32 Å². The Bertz CT molecular complexity index is 433. The molecule has 0 spiro atoms. The summed E-state index contributed by atoms with van der Waals surface area (Å²) in [5.74, 6) is -0.472. The van der Waals surface area contributed by atoms with Crippen molar-refractivity contribution in [3.05, 3.63) is 29.0 Å². The van der Waals surface area contributed by atoms with Crippen molar-refractivity contribution >= 4 is 23.2 Å². The van der Waals surface area contributed by atoms with Gasteiger partial charge in [-0.05, 0) is 37.5 Å². The standard InChI is InChI=1S/C13H16ClFN2O/c14-11-8-10(15)4-5-12(11)16-13(18)9-17-6-2-1-3-7-17/h4-5,8H,1-3,6-7,9H2,(H,16,18)/p+1. The zero-order valence-corrected chi connectivity index (χ0v) is 10.9. The third-order valence-corrected chi connectivity index (χ3v) is 3.49. The molecule has 1 saturated heterocycles. The number of carbonyl (C=O) groups excluding carboxylic acids is 1. The summed E-state index contributed by atoms with van der Waals surface area (Å²) in [5.41, 5.74) is 0.472. The van der Waals surface area contributed by atoms with Gasteiger partial charge in [0.05, 0.1) is 23.8 Å². The topological polar surface area (TPSA) is 33.5 Å². The zero-order chi connectivity index (χ0) is 13.0. The van der Waals surface area contributed by atoms with Crippen LogP contribution in [0.2, 0.25) is 5.02 Å². The molecule has 3 nitrogen and oxygen atoms in total. The Kier molecular flexibility index (Phi) is 4.55. The second-order valence-electron chi connectivity index (χ2n) is 4.66. The SMILES string of the molecule is O=C(C[NH+]1CCCCC1)Nc1ccc(F)cc1Cl. The molecule has 98 valence electrons. The van der Waals surface area contributed by atoms with E-state index in [1.54, 1.807) is 0 Å². The Morgan fingerprint density at radius 1 is 1.33 bits per heavy atom. The van der Waals surface area contributed by atoms with Crippen LogP contribution in [-0.4, -0.2) is 25.5 Å². The van der Waals surface area contributed by atoms with Crippen molar-refractivity contribution in [3.8, 4) is 0 Å². The molecular weight excluding hydrogens is 255 g/mol. The summed E-state index contributed by atoms with van der Waals surface area (Å²) >= 11 is 5.85. The average Bonchev–Trinajstić information content (AvgIpc) is 2.34. The molecule has 1 fully saturated rings. The number of amides is 1. The Balaban J connectivity index is 1.90. The molecule has 2 rings (SSSR count). The van der Waals surface area contributed by atoms with Gasteiger partial charge in [0.1, 0.15) is 5.82 Å². The van der Waals surface area contributed by atoms with E-state index in [0.717, 1.165) is 13.1 Å². The van der Waals surface area contributed by atoms with Crippen LogP contribution in [0.5, 0.6) is 0 Å². The maximum Gasteiger partial charge on any atom is 0.279 e. The summed E-state index contributed by atoms with van der Waals surface area (Å²) in [6.07, 6.45) is 3.62. The lowest BCUT2D eigenvalue weighted by Gasteiger charge is -2.22. The molecular formula is C13H17ClFN2O+. The van der Waals surface area contributed by atoms with Gasteiger partial charge in [-0.3, -0.25) is 4.79 Å². The summed E-state index contributed by atoms with van der Waals surface area (Å²) in [6.45, 7) is 2.54. The lowest BCUT2D eigenvalue weighted by Crippen LogP contribution is -3.13. The van der Waals surface area contributed by atoms with Gasteiger partial charge in [-0.15, -0.1) is 0 Å². The van der Waals surface area contributed by atoms with Crippen LogP contribution < -0.4 is 10.2 Å². The maximum absolute atomic E-state index is 12.9. The van der Waals surface area contributed by atoms with Crippen molar-refractivity contribution in [2.24, 2.45) is 0 Å². The predicted octanol–water partition coefficient (Wildman–Crippen LogP) is 1.49. The first kappa shape index (κ1) is 13.3. The molecule has 1 aliphatic heterocycles. The van der Waals surface area contributed by atoms with Gasteiger partial charge in [0.2, 0.25) is 0 Å². The number of halogens is 2. The fourth-order valence-corrected chi connectivity index (χ4v) is 2.46. The van der Waals surface area contributed by atoms with Crippen LogP contribution in [0, 0.1) is 5.82 Å². The normalized spacial score (nSPS) is 16.6.